The number of benzene rings is 2. The van der Waals surface area contributed by atoms with Crippen LogP contribution in [0.25, 0.3) is 0 Å². The van der Waals surface area contributed by atoms with Crippen LogP contribution in [0.15, 0.2) is 64.6 Å². The molecule has 330 valence electrons. The zero-order chi connectivity index (χ0) is 40.5. The maximum absolute atomic E-state index is 5.41. The summed E-state index contributed by atoms with van der Waals surface area (Å²) in [5.74, 6) is 6.98. The molecule has 0 heterocycles. The van der Waals surface area contributed by atoms with Gasteiger partial charge in [0.15, 0.2) is 0 Å². The summed E-state index contributed by atoms with van der Waals surface area (Å²) >= 11 is 0. The number of aliphatic imine (C=N–C) groups is 2. The first kappa shape index (κ1) is 53.9. The molecular formula is C55H90N2Ni. The summed E-state index contributed by atoms with van der Waals surface area (Å²) < 4.78 is 0. The van der Waals surface area contributed by atoms with E-state index in [0.717, 1.165) is 62.7 Å². The maximum Gasteiger partial charge on any atom is 0.0665 e. The molecule has 0 aliphatic heterocycles. The number of unbranched alkanes of at least 4 members (excludes halogenated alkanes) is 29. The minimum absolute atomic E-state index is 0. The number of nitrogens with zero attached hydrogens (tertiary/aromatic N) is 2. The van der Waals surface area contributed by atoms with Crippen molar-refractivity contribution in [3.05, 3.63) is 60.2 Å². The molecule has 0 amide bonds. The van der Waals surface area contributed by atoms with Crippen LogP contribution in [0.3, 0.4) is 0 Å². The molecule has 0 aromatic heterocycles. The summed E-state index contributed by atoms with van der Waals surface area (Å²) in [5, 5.41) is 0. The van der Waals surface area contributed by atoms with E-state index in [1.807, 2.05) is 0 Å². The van der Waals surface area contributed by atoms with Crippen molar-refractivity contribution in [1.82, 2.24) is 0 Å². The van der Waals surface area contributed by atoms with E-state index in [-0.39, 0.29) is 16.5 Å². The Morgan fingerprint density at radius 3 is 1.26 bits per heavy atom. The van der Waals surface area contributed by atoms with Crippen molar-refractivity contribution >= 4 is 22.8 Å². The van der Waals surface area contributed by atoms with Crippen molar-refractivity contribution in [2.75, 3.05) is 0 Å². The fourth-order valence-electron chi connectivity index (χ4n) is 7.95. The number of aryl methyl sites for hydroxylation is 1. The van der Waals surface area contributed by atoms with Gasteiger partial charge in [-0.15, -0.1) is 11.8 Å². The number of hydrogen-bond donors (Lipinski definition) is 0. The van der Waals surface area contributed by atoms with Crippen LogP contribution in [-0.4, -0.2) is 11.4 Å². The molecular weight excluding hydrogens is 747 g/mol. The van der Waals surface area contributed by atoms with Gasteiger partial charge in [0, 0.05) is 29.3 Å². The second-order valence-electron chi connectivity index (χ2n) is 17.1. The first-order valence-electron chi connectivity index (χ1n) is 25.0. The summed E-state index contributed by atoms with van der Waals surface area (Å²) in [6, 6.07) is 19.3. The van der Waals surface area contributed by atoms with Crippen molar-refractivity contribution in [3.8, 4) is 11.8 Å². The molecule has 58 heavy (non-hydrogen) atoms. The van der Waals surface area contributed by atoms with Crippen LogP contribution in [0, 0.1) is 11.8 Å². The summed E-state index contributed by atoms with van der Waals surface area (Å²) in [6.07, 6.45) is 47.8. The third kappa shape index (κ3) is 30.8. The molecule has 0 unspecified atom stereocenters. The van der Waals surface area contributed by atoms with Gasteiger partial charge >= 0.3 is 0 Å². The van der Waals surface area contributed by atoms with E-state index in [2.05, 4.69) is 87.2 Å². The zero-order valence-corrected chi connectivity index (χ0v) is 39.4. The Balaban J connectivity index is 0.0000168. The molecule has 0 N–H and O–H groups in total. The van der Waals surface area contributed by atoms with Crippen LogP contribution in [0.5, 0.6) is 0 Å². The molecule has 2 nitrogen and oxygen atoms in total. The number of para-hydroxylation sites is 2. The van der Waals surface area contributed by atoms with Gasteiger partial charge in [0.1, 0.15) is 0 Å². The summed E-state index contributed by atoms with van der Waals surface area (Å²) in [5.41, 5.74) is 5.86. The van der Waals surface area contributed by atoms with Crippen LogP contribution in [0.1, 0.15) is 251 Å². The standard InChI is InChI=1S/C55H90N2.Ni/c1-4-7-10-12-14-15-16-17-18-19-20-21-22-23-24-25-26-27-28-29-30-31-32-33-34-35-38-44-51-45-42-43-49-53(51)57-55(50-41-36-13-11-8-5-2)54(48-9-6-3)56-52-46-39-37-40-47-52;/h37,39-40,42-43,45-47,49H,4-32,35-36,38,41,44,48,50H2,1-3H3;. The van der Waals surface area contributed by atoms with E-state index in [0.29, 0.717) is 0 Å². The fourth-order valence-corrected chi connectivity index (χ4v) is 7.95. The van der Waals surface area contributed by atoms with Crippen LogP contribution in [-0.2, 0) is 22.9 Å². The topological polar surface area (TPSA) is 24.7 Å². The average Bonchev–Trinajstić information content (AvgIpc) is 3.23. The first-order valence-corrected chi connectivity index (χ1v) is 25.0. The molecule has 0 atom stereocenters. The molecule has 0 spiro atoms. The molecule has 2 aromatic rings. The van der Waals surface area contributed by atoms with Gasteiger partial charge in [-0.3, -0.25) is 9.98 Å². The smallest absolute Gasteiger partial charge is 0.0665 e. The van der Waals surface area contributed by atoms with E-state index in [9.17, 15) is 0 Å². The molecule has 3 heteroatoms. The molecule has 0 aliphatic rings. The molecule has 2 rings (SSSR count). The molecule has 0 saturated carbocycles. The van der Waals surface area contributed by atoms with Gasteiger partial charge in [-0.05, 0) is 68.7 Å². The van der Waals surface area contributed by atoms with E-state index in [1.165, 1.54) is 197 Å². The van der Waals surface area contributed by atoms with E-state index < -0.39 is 0 Å². The van der Waals surface area contributed by atoms with Gasteiger partial charge in [0.25, 0.3) is 0 Å². The Bertz CT molecular complexity index is 1300. The summed E-state index contributed by atoms with van der Waals surface area (Å²) in [6.45, 7) is 6.87. The van der Waals surface area contributed by atoms with Crippen molar-refractivity contribution in [2.24, 2.45) is 9.98 Å². The van der Waals surface area contributed by atoms with Gasteiger partial charge in [-0.2, -0.15) is 0 Å². The van der Waals surface area contributed by atoms with Gasteiger partial charge < -0.3 is 0 Å². The third-order valence-electron chi connectivity index (χ3n) is 11.7. The number of rotatable bonds is 38. The minimum atomic E-state index is 0. The summed E-state index contributed by atoms with van der Waals surface area (Å²) in [7, 11) is 0. The van der Waals surface area contributed by atoms with E-state index in [4.69, 9.17) is 9.98 Å². The van der Waals surface area contributed by atoms with Crippen LogP contribution in [0.2, 0.25) is 0 Å². The van der Waals surface area contributed by atoms with Crippen LogP contribution in [0.4, 0.5) is 11.4 Å². The Hall–Kier alpha value is -2.17. The maximum atomic E-state index is 5.41. The molecule has 0 aliphatic carbocycles. The normalized spacial score (nSPS) is 11.7. The Labute approximate surface area is 371 Å². The largest absolute Gasteiger partial charge is 0.252 e. The predicted octanol–water partition coefficient (Wildman–Crippen LogP) is 18.8. The Kier molecular flexibility index (Phi) is 38.6. The Morgan fingerprint density at radius 2 is 0.759 bits per heavy atom. The van der Waals surface area contributed by atoms with Crippen molar-refractivity contribution < 1.29 is 16.5 Å². The second-order valence-corrected chi connectivity index (χ2v) is 17.1. The SMILES string of the molecule is CCCCCCCCCCCCCCCCCCCCCCCCC#CCCCc1ccccc1N=C(CCCCCCCC)C(CCCC)=Nc1ccccc1.[Ni]. The monoisotopic (exact) mass is 837 g/mol. The van der Waals surface area contributed by atoms with Crippen LogP contribution < -0.4 is 0 Å². The van der Waals surface area contributed by atoms with Gasteiger partial charge in [-0.25, -0.2) is 0 Å². The van der Waals surface area contributed by atoms with Crippen molar-refractivity contribution in [3.63, 3.8) is 0 Å². The molecule has 2 aromatic carbocycles. The van der Waals surface area contributed by atoms with Gasteiger partial charge in [0.05, 0.1) is 22.8 Å². The van der Waals surface area contributed by atoms with Crippen molar-refractivity contribution in [1.29, 1.82) is 0 Å². The third-order valence-corrected chi connectivity index (χ3v) is 11.7. The Morgan fingerprint density at radius 1 is 0.379 bits per heavy atom. The van der Waals surface area contributed by atoms with Crippen molar-refractivity contribution in [2.45, 2.75) is 252 Å². The molecule has 0 fully saturated rings. The first-order chi connectivity index (χ1) is 28.3. The molecule has 0 bridgehead atoms. The number of hydrogen-bond acceptors (Lipinski definition) is 2. The fraction of sp³-hybridized carbons (Fsp3) is 0.709. The minimum Gasteiger partial charge on any atom is -0.252 e. The summed E-state index contributed by atoms with van der Waals surface area (Å²) in [4.78, 5) is 10.6. The quantitative estimate of drug-likeness (QED) is 0.0279. The van der Waals surface area contributed by atoms with Crippen LogP contribution >= 0.6 is 0 Å². The molecule has 0 saturated heterocycles. The predicted molar refractivity (Wildman–Crippen MR) is 257 cm³/mol. The van der Waals surface area contributed by atoms with E-state index >= 15 is 0 Å². The zero-order valence-electron chi connectivity index (χ0n) is 38.4. The van der Waals surface area contributed by atoms with E-state index in [1.54, 1.807) is 0 Å². The average molecular weight is 838 g/mol. The molecule has 0 radical (unpaired) electrons. The van der Waals surface area contributed by atoms with Gasteiger partial charge in [-0.1, -0.05) is 231 Å². The van der Waals surface area contributed by atoms with Gasteiger partial charge in [0.2, 0.25) is 0 Å². The second kappa shape index (κ2) is 41.6.